The number of hydrogen-bond donors (Lipinski definition) is 1. The lowest BCUT2D eigenvalue weighted by atomic mass is 10.0. The molecule has 3 heterocycles. The quantitative estimate of drug-likeness (QED) is 0.864. The molecule has 4 fully saturated rings. The van der Waals surface area contributed by atoms with E-state index in [1.165, 1.54) is 17.5 Å². The van der Waals surface area contributed by atoms with E-state index in [1.807, 2.05) is 4.90 Å². The maximum absolute atomic E-state index is 13.0. The Balaban J connectivity index is 1.28. The summed E-state index contributed by atoms with van der Waals surface area (Å²) >= 11 is 6.08. The van der Waals surface area contributed by atoms with Crippen molar-refractivity contribution in [2.45, 2.75) is 56.2 Å². The number of nitrogens with one attached hydrogen (secondary N) is 1. The second kappa shape index (κ2) is 5.45. The van der Waals surface area contributed by atoms with Crippen LogP contribution in [0.5, 0.6) is 0 Å². The van der Waals surface area contributed by atoms with Crippen LogP contribution in [0.1, 0.15) is 49.0 Å². The van der Waals surface area contributed by atoms with E-state index in [1.54, 1.807) is 13.2 Å². The molecule has 1 N–H and O–H groups in total. The van der Waals surface area contributed by atoms with Crippen molar-refractivity contribution < 1.29 is 14.3 Å². The molecular weight excluding hydrogens is 356 g/mol. The molecule has 2 amide bonds. The van der Waals surface area contributed by atoms with E-state index in [0.29, 0.717) is 17.0 Å². The number of hydrogen-bond acceptors (Lipinski definition) is 4. The van der Waals surface area contributed by atoms with Crippen LogP contribution >= 0.6 is 11.6 Å². The molecule has 1 aromatic rings. The van der Waals surface area contributed by atoms with Crippen LogP contribution in [0.4, 0.5) is 0 Å². The fraction of sp³-hybridized carbons (Fsp3) is 0.722. The molecule has 2 aliphatic carbocycles. The number of nitrogens with zero attached hydrogens (tertiary/aromatic N) is 3. The normalized spacial score (nSPS) is 30.2. The Morgan fingerprint density at radius 2 is 2.12 bits per heavy atom. The number of rotatable bonds is 3. The predicted octanol–water partition coefficient (Wildman–Crippen LogP) is 1.51. The van der Waals surface area contributed by atoms with Gasteiger partial charge in [-0.25, -0.2) is 0 Å². The fourth-order valence-corrected chi connectivity index (χ4v) is 4.97. The van der Waals surface area contributed by atoms with Gasteiger partial charge in [-0.2, -0.15) is 5.10 Å². The zero-order valence-corrected chi connectivity index (χ0v) is 15.6. The summed E-state index contributed by atoms with van der Waals surface area (Å²) in [5.41, 5.74) is 0.293. The SMILES string of the molecule is Cn1cc(Cl)c(C(=O)NC2CCN(C(=O)C3CC4(CC4)CO3)C23CC3)n1. The van der Waals surface area contributed by atoms with Crippen molar-refractivity contribution in [2.75, 3.05) is 13.2 Å². The van der Waals surface area contributed by atoms with E-state index < -0.39 is 0 Å². The van der Waals surface area contributed by atoms with Crippen LogP contribution in [-0.4, -0.2) is 57.3 Å². The van der Waals surface area contributed by atoms with Gasteiger partial charge in [0, 0.05) is 19.8 Å². The summed E-state index contributed by atoms with van der Waals surface area (Å²) in [6.45, 7) is 1.40. The highest BCUT2D eigenvalue weighted by atomic mass is 35.5. The van der Waals surface area contributed by atoms with Crippen LogP contribution in [0.3, 0.4) is 0 Å². The van der Waals surface area contributed by atoms with Gasteiger partial charge in [-0.1, -0.05) is 11.6 Å². The largest absolute Gasteiger partial charge is 0.368 e. The summed E-state index contributed by atoms with van der Waals surface area (Å²) in [5, 5.41) is 7.55. The molecule has 4 aliphatic rings. The maximum Gasteiger partial charge on any atom is 0.273 e. The van der Waals surface area contributed by atoms with E-state index in [4.69, 9.17) is 16.3 Å². The Morgan fingerprint density at radius 1 is 1.35 bits per heavy atom. The lowest BCUT2D eigenvalue weighted by Gasteiger charge is -2.30. The van der Waals surface area contributed by atoms with E-state index in [2.05, 4.69) is 10.4 Å². The second-order valence-electron chi connectivity index (χ2n) is 8.41. The van der Waals surface area contributed by atoms with Crippen LogP contribution in [0.2, 0.25) is 5.02 Å². The smallest absolute Gasteiger partial charge is 0.273 e. The van der Waals surface area contributed by atoms with Crippen LogP contribution in [0, 0.1) is 5.41 Å². The van der Waals surface area contributed by atoms with E-state index in [9.17, 15) is 9.59 Å². The minimum Gasteiger partial charge on any atom is -0.368 e. The summed E-state index contributed by atoms with van der Waals surface area (Å²) in [6, 6.07) is -0.0479. The number of amides is 2. The first-order valence-corrected chi connectivity index (χ1v) is 9.73. The molecule has 2 aliphatic heterocycles. The zero-order valence-electron chi connectivity index (χ0n) is 14.8. The molecule has 2 spiro atoms. The minimum absolute atomic E-state index is 0.0479. The first-order valence-electron chi connectivity index (χ1n) is 9.36. The zero-order chi connectivity index (χ0) is 18.1. The standard InChI is InChI=1S/C18H23ClN4O3/c1-22-9-11(19)14(21-22)15(24)20-13-2-7-23(18(13)5-6-18)16(25)12-8-17(3-4-17)10-26-12/h9,12-13H,2-8,10H2,1H3,(H,20,24). The molecule has 2 unspecified atom stereocenters. The molecule has 0 aromatic carbocycles. The molecule has 5 rings (SSSR count). The van der Waals surface area contributed by atoms with Crippen molar-refractivity contribution in [3.05, 3.63) is 16.9 Å². The minimum atomic E-state index is -0.297. The molecule has 2 atom stereocenters. The maximum atomic E-state index is 13.0. The van der Waals surface area contributed by atoms with Gasteiger partial charge in [-0.05, 0) is 43.9 Å². The van der Waals surface area contributed by atoms with Crippen LogP contribution in [-0.2, 0) is 16.6 Å². The van der Waals surface area contributed by atoms with Crippen molar-refractivity contribution in [1.29, 1.82) is 0 Å². The van der Waals surface area contributed by atoms with Crippen molar-refractivity contribution in [1.82, 2.24) is 20.0 Å². The predicted molar refractivity (Wildman–Crippen MR) is 93.8 cm³/mol. The van der Waals surface area contributed by atoms with Crippen molar-refractivity contribution >= 4 is 23.4 Å². The fourth-order valence-electron chi connectivity index (χ4n) is 4.71. The Morgan fingerprint density at radius 3 is 2.69 bits per heavy atom. The van der Waals surface area contributed by atoms with Crippen molar-refractivity contribution in [3.8, 4) is 0 Å². The average Bonchev–Trinajstić information content (AvgIpc) is 3.42. The van der Waals surface area contributed by atoms with Gasteiger partial charge in [0.15, 0.2) is 5.69 Å². The van der Waals surface area contributed by atoms with E-state index in [0.717, 1.165) is 32.3 Å². The highest BCUT2D eigenvalue weighted by molar-refractivity contribution is 6.33. The Labute approximate surface area is 157 Å². The third-order valence-corrected chi connectivity index (χ3v) is 6.88. The molecule has 140 valence electrons. The lowest BCUT2D eigenvalue weighted by molar-refractivity contribution is -0.142. The third-order valence-electron chi connectivity index (χ3n) is 6.60. The first-order chi connectivity index (χ1) is 12.4. The Hall–Kier alpha value is -1.60. The van der Waals surface area contributed by atoms with Crippen LogP contribution < -0.4 is 5.32 Å². The Bertz CT molecular complexity index is 783. The highest BCUT2D eigenvalue weighted by Gasteiger charge is 2.61. The molecule has 1 aromatic heterocycles. The first kappa shape index (κ1) is 16.6. The van der Waals surface area contributed by atoms with Crippen LogP contribution in [0.15, 0.2) is 6.20 Å². The summed E-state index contributed by atoms with van der Waals surface area (Å²) in [5.74, 6) is -0.158. The average molecular weight is 379 g/mol. The summed E-state index contributed by atoms with van der Waals surface area (Å²) < 4.78 is 7.35. The molecule has 0 radical (unpaired) electrons. The monoisotopic (exact) mass is 378 g/mol. The molecule has 2 saturated carbocycles. The van der Waals surface area contributed by atoms with Gasteiger partial charge in [0.1, 0.15) is 6.10 Å². The van der Waals surface area contributed by atoms with Crippen molar-refractivity contribution in [2.24, 2.45) is 12.5 Å². The number of ether oxygens (including phenoxy) is 1. The summed E-state index contributed by atoms with van der Waals surface area (Å²) in [7, 11) is 1.73. The van der Waals surface area contributed by atoms with Crippen LogP contribution in [0.25, 0.3) is 0 Å². The topological polar surface area (TPSA) is 76.5 Å². The summed E-state index contributed by atoms with van der Waals surface area (Å²) in [4.78, 5) is 27.6. The van der Waals surface area contributed by atoms with Gasteiger partial charge in [-0.15, -0.1) is 0 Å². The lowest BCUT2D eigenvalue weighted by Crippen LogP contribution is -2.51. The van der Waals surface area contributed by atoms with Gasteiger partial charge in [0.05, 0.1) is 23.2 Å². The molecule has 26 heavy (non-hydrogen) atoms. The van der Waals surface area contributed by atoms with Gasteiger partial charge in [0.25, 0.3) is 11.8 Å². The third kappa shape index (κ3) is 2.47. The highest BCUT2D eigenvalue weighted by Crippen LogP contribution is 2.55. The number of carbonyl (C=O) groups excluding carboxylic acids is 2. The number of aromatic nitrogens is 2. The van der Waals surface area contributed by atoms with E-state index >= 15 is 0 Å². The number of halogens is 1. The van der Waals surface area contributed by atoms with Gasteiger partial charge in [0.2, 0.25) is 0 Å². The summed E-state index contributed by atoms with van der Waals surface area (Å²) in [6.07, 6.45) is 7.17. The Kier molecular flexibility index (Phi) is 3.47. The van der Waals surface area contributed by atoms with Gasteiger partial charge < -0.3 is 15.0 Å². The number of carbonyl (C=O) groups is 2. The number of likely N-dealkylation sites (tertiary alicyclic amines) is 1. The number of aryl methyl sites for hydroxylation is 1. The van der Waals surface area contributed by atoms with Gasteiger partial charge >= 0.3 is 0 Å². The second-order valence-corrected chi connectivity index (χ2v) is 8.82. The molecule has 0 bridgehead atoms. The molecule has 8 heteroatoms. The van der Waals surface area contributed by atoms with Crippen molar-refractivity contribution in [3.63, 3.8) is 0 Å². The van der Waals surface area contributed by atoms with E-state index in [-0.39, 0.29) is 35.2 Å². The van der Waals surface area contributed by atoms with Gasteiger partial charge in [-0.3, -0.25) is 14.3 Å². The molecule has 2 saturated heterocycles. The molecule has 7 nitrogen and oxygen atoms in total. The molecular formula is C18H23ClN4O3.